The van der Waals surface area contributed by atoms with Gasteiger partial charge in [-0.25, -0.2) is 0 Å². The Labute approximate surface area is 231 Å². The van der Waals surface area contributed by atoms with Gasteiger partial charge in [0.2, 0.25) is 11.8 Å². The molecule has 1 heterocycles. The lowest BCUT2D eigenvalue weighted by atomic mass is 9.87. The van der Waals surface area contributed by atoms with Crippen LogP contribution in [0.2, 0.25) is 15.1 Å². The van der Waals surface area contributed by atoms with E-state index in [2.05, 4.69) is 11.4 Å². The number of halogens is 3. The van der Waals surface area contributed by atoms with Gasteiger partial charge >= 0.3 is 0 Å². The van der Waals surface area contributed by atoms with E-state index in [0.717, 1.165) is 5.56 Å². The summed E-state index contributed by atoms with van der Waals surface area (Å²) in [6, 6.07) is 21.8. The van der Waals surface area contributed by atoms with Crippen molar-refractivity contribution >= 4 is 52.2 Å². The highest BCUT2D eigenvalue weighted by Gasteiger charge is 2.29. The first kappa shape index (κ1) is 26.6. The summed E-state index contributed by atoms with van der Waals surface area (Å²) in [7, 11) is 0. The van der Waals surface area contributed by atoms with Crippen molar-refractivity contribution in [2.75, 3.05) is 5.32 Å². The third-order valence-corrected chi connectivity index (χ3v) is 7.07. The molecule has 0 aromatic heterocycles. The van der Waals surface area contributed by atoms with Crippen LogP contribution >= 0.6 is 34.8 Å². The summed E-state index contributed by atoms with van der Waals surface area (Å²) in [6.07, 6.45) is 1.77. The number of ether oxygens (including phenoxy) is 1. The minimum atomic E-state index is -0.569. The second-order valence-corrected chi connectivity index (χ2v) is 10.2. The van der Waals surface area contributed by atoms with Crippen molar-refractivity contribution in [1.29, 1.82) is 5.26 Å². The number of benzene rings is 3. The zero-order valence-electron chi connectivity index (χ0n) is 20.1. The molecule has 8 heteroatoms. The molecular weight excluding hydrogens is 529 g/mol. The SMILES string of the molecule is CC(C)C(C(=O)Nc1ccc(C2=CC(c3c(Cl)cccc3Cl)C(C#N)=C(N)O2)cc1)c1ccc(Cl)cc1. The largest absolute Gasteiger partial charge is 0.440 e. The Kier molecular flexibility index (Phi) is 8.14. The molecule has 0 radical (unpaired) electrons. The number of carbonyl (C=O) groups excluding carboxylic acids is 1. The van der Waals surface area contributed by atoms with E-state index in [1.807, 2.05) is 38.1 Å². The number of nitrogens with two attached hydrogens (primary N) is 1. The van der Waals surface area contributed by atoms with Crippen LogP contribution in [0.4, 0.5) is 5.69 Å². The van der Waals surface area contributed by atoms with Crippen LogP contribution in [0.5, 0.6) is 0 Å². The monoisotopic (exact) mass is 551 g/mol. The lowest BCUT2D eigenvalue weighted by Crippen LogP contribution is -2.25. The van der Waals surface area contributed by atoms with Crippen LogP contribution in [-0.2, 0) is 9.53 Å². The van der Waals surface area contributed by atoms with Gasteiger partial charge in [-0.2, -0.15) is 5.26 Å². The van der Waals surface area contributed by atoms with Crippen molar-refractivity contribution < 1.29 is 9.53 Å². The Morgan fingerprint density at radius 2 is 1.62 bits per heavy atom. The number of hydrogen-bond acceptors (Lipinski definition) is 4. The first-order valence-electron chi connectivity index (χ1n) is 11.6. The minimum Gasteiger partial charge on any atom is -0.440 e. The molecule has 2 unspecified atom stereocenters. The zero-order valence-corrected chi connectivity index (χ0v) is 22.4. The maximum atomic E-state index is 13.1. The predicted octanol–water partition coefficient (Wildman–Crippen LogP) is 7.87. The maximum Gasteiger partial charge on any atom is 0.232 e. The standard InChI is InChI=1S/C29H24Cl3N3O2/c1-16(2)26(18-6-10-19(30)11-7-18)29(36)35-20-12-8-17(9-13-20)25-14-21(22(15-33)28(34)37-25)27-23(31)4-3-5-24(27)32/h3-14,16,21,26H,34H2,1-2H3,(H,35,36). The number of nitrogens with zero attached hydrogens (tertiary/aromatic N) is 1. The first-order valence-corrected chi connectivity index (χ1v) is 12.7. The van der Waals surface area contributed by atoms with E-state index in [1.54, 1.807) is 48.5 Å². The number of rotatable bonds is 6. The normalized spacial score (nSPS) is 16.0. The van der Waals surface area contributed by atoms with E-state index in [4.69, 9.17) is 45.3 Å². The number of hydrogen-bond donors (Lipinski definition) is 2. The first-order chi connectivity index (χ1) is 17.7. The number of allylic oxidation sites excluding steroid dienone is 2. The molecule has 4 rings (SSSR count). The fraction of sp³-hybridized carbons (Fsp3) is 0.172. The van der Waals surface area contributed by atoms with E-state index in [-0.39, 0.29) is 29.2 Å². The molecule has 1 aliphatic heterocycles. The van der Waals surface area contributed by atoms with Gasteiger partial charge in [-0.3, -0.25) is 4.79 Å². The van der Waals surface area contributed by atoms with E-state index < -0.39 is 5.92 Å². The summed E-state index contributed by atoms with van der Waals surface area (Å²) in [5.41, 5.74) is 9.16. The molecule has 2 atom stereocenters. The second-order valence-electron chi connectivity index (χ2n) is 8.98. The Morgan fingerprint density at radius 1 is 1.00 bits per heavy atom. The van der Waals surface area contributed by atoms with Gasteiger partial charge in [0.1, 0.15) is 17.4 Å². The number of nitriles is 1. The van der Waals surface area contributed by atoms with Gasteiger partial charge in [-0.05, 0) is 66.1 Å². The molecule has 5 nitrogen and oxygen atoms in total. The summed E-state index contributed by atoms with van der Waals surface area (Å²) in [5, 5.41) is 14.2. The van der Waals surface area contributed by atoms with Gasteiger partial charge in [0.25, 0.3) is 0 Å². The Bertz CT molecular complexity index is 1400. The summed E-state index contributed by atoms with van der Waals surface area (Å²) < 4.78 is 5.78. The number of nitrogens with one attached hydrogen (secondary N) is 1. The Hall–Kier alpha value is -3.43. The lowest BCUT2D eigenvalue weighted by Gasteiger charge is -2.24. The molecule has 0 aliphatic carbocycles. The lowest BCUT2D eigenvalue weighted by molar-refractivity contribution is -0.118. The Balaban J connectivity index is 1.59. The smallest absolute Gasteiger partial charge is 0.232 e. The topological polar surface area (TPSA) is 88.1 Å². The molecule has 37 heavy (non-hydrogen) atoms. The van der Waals surface area contributed by atoms with Crippen LogP contribution in [0.1, 0.15) is 42.4 Å². The van der Waals surface area contributed by atoms with E-state index >= 15 is 0 Å². The highest BCUT2D eigenvalue weighted by molar-refractivity contribution is 6.36. The zero-order chi connectivity index (χ0) is 26.7. The molecule has 3 aromatic rings. The van der Waals surface area contributed by atoms with Gasteiger partial charge < -0.3 is 15.8 Å². The van der Waals surface area contributed by atoms with E-state index in [1.165, 1.54) is 0 Å². The molecule has 0 saturated carbocycles. The quantitative estimate of drug-likeness (QED) is 0.326. The fourth-order valence-corrected chi connectivity index (χ4v) is 5.12. The molecular formula is C29H24Cl3N3O2. The van der Waals surface area contributed by atoms with Crippen LogP contribution in [0.25, 0.3) is 5.76 Å². The molecule has 1 aliphatic rings. The van der Waals surface area contributed by atoms with Crippen LogP contribution < -0.4 is 11.1 Å². The average Bonchev–Trinajstić information content (AvgIpc) is 2.85. The van der Waals surface area contributed by atoms with Gasteiger partial charge in [0.05, 0.1) is 5.92 Å². The summed E-state index contributed by atoms with van der Waals surface area (Å²) in [6.45, 7) is 4.01. The van der Waals surface area contributed by atoms with Crippen LogP contribution in [-0.4, -0.2) is 5.91 Å². The average molecular weight is 553 g/mol. The van der Waals surface area contributed by atoms with Crippen molar-refractivity contribution in [3.05, 3.63) is 116 Å². The van der Waals surface area contributed by atoms with Crippen molar-refractivity contribution in [2.45, 2.75) is 25.7 Å². The summed E-state index contributed by atoms with van der Waals surface area (Å²) in [5.74, 6) is -0.494. The van der Waals surface area contributed by atoms with Crippen LogP contribution in [0, 0.1) is 17.2 Å². The molecule has 1 amide bonds. The van der Waals surface area contributed by atoms with Crippen molar-refractivity contribution in [2.24, 2.45) is 11.7 Å². The van der Waals surface area contributed by atoms with Gasteiger partial charge in [-0.15, -0.1) is 0 Å². The molecule has 188 valence electrons. The number of anilines is 1. The van der Waals surface area contributed by atoms with Crippen molar-refractivity contribution in [1.82, 2.24) is 0 Å². The third-order valence-electron chi connectivity index (χ3n) is 6.16. The number of carbonyl (C=O) groups is 1. The van der Waals surface area contributed by atoms with Gasteiger partial charge in [0, 0.05) is 37.8 Å². The molecule has 3 N–H and O–H groups in total. The minimum absolute atomic E-state index is 0.0129. The maximum absolute atomic E-state index is 13.1. The Morgan fingerprint density at radius 3 is 2.19 bits per heavy atom. The third kappa shape index (κ3) is 5.78. The highest BCUT2D eigenvalue weighted by atomic mass is 35.5. The molecule has 0 fully saturated rings. The fourth-order valence-electron chi connectivity index (χ4n) is 4.36. The summed E-state index contributed by atoms with van der Waals surface area (Å²) >= 11 is 18.9. The highest BCUT2D eigenvalue weighted by Crippen LogP contribution is 2.42. The van der Waals surface area contributed by atoms with E-state index in [0.29, 0.717) is 37.6 Å². The summed E-state index contributed by atoms with van der Waals surface area (Å²) in [4.78, 5) is 13.1. The molecule has 3 aromatic carbocycles. The second kappa shape index (κ2) is 11.3. The molecule has 0 bridgehead atoms. The molecule has 0 spiro atoms. The number of amides is 1. The van der Waals surface area contributed by atoms with Crippen molar-refractivity contribution in [3.63, 3.8) is 0 Å². The van der Waals surface area contributed by atoms with E-state index in [9.17, 15) is 10.1 Å². The van der Waals surface area contributed by atoms with Crippen molar-refractivity contribution in [3.8, 4) is 6.07 Å². The molecule has 0 saturated heterocycles. The van der Waals surface area contributed by atoms with Gasteiger partial charge in [0.15, 0.2) is 0 Å². The predicted molar refractivity (Wildman–Crippen MR) is 149 cm³/mol. The van der Waals surface area contributed by atoms with Crippen LogP contribution in [0.15, 0.2) is 84.3 Å². The van der Waals surface area contributed by atoms with Gasteiger partial charge in [-0.1, -0.05) is 66.8 Å². The van der Waals surface area contributed by atoms with Crippen LogP contribution in [0.3, 0.4) is 0 Å².